The Bertz CT molecular complexity index is 897. The van der Waals surface area contributed by atoms with E-state index in [2.05, 4.69) is 51.7 Å². The summed E-state index contributed by atoms with van der Waals surface area (Å²) in [4.78, 5) is 17.6. The zero-order chi connectivity index (χ0) is 19.8. The molecule has 28 heavy (non-hydrogen) atoms. The normalized spacial score (nSPS) is 10.8. The monoisotopic (exact) mass is 432 g/mol. The molecule has 1 aromatic heterocycles. The summed E-state index contributed by atoms with van der Waals surface area (Å²) in [5.41, 5.74) is 2.35. The third-order valence-electron chi connectivity index (χ3n) is 3.84. The molecule has 0 fully saturated rings. The number of thioether (sulfide) groups is 2. The number of aromatic amines is 1. The van der Waals surface area contributed by atoms with Gasteiger partial charge in [-0.15, -0.1) is 16.9 Å². The third-order valence-corrected chi connectivity index (χ3v) is 5.96. The van der Waals surface area contributed by atoms with Gasteiger partial charge >= 0.3 is 0 Å². The molecule has 0 aliphatic rings. The Balaban J connectivity index is 1.34. The van der Waals surface area contributed by atoms with Gasteiger partial charge in [0.1, 0.15) is 5.82 Å². The van der Waals surface area contributed by atoms with Crippen molar-refractivity contribution in [2.75, 3.05) is 18.1 Å². The van der Waals surface area contributed by atoms with Crippen molar-refractivity contribution in [3.8, 4) is 0 Å². The Morgan fingerprint density at radius 2 is 1.86 bits per heavy atom. The van der Waals surface area contributed by atoms with Crippen LogP contribution in [-0.2, 0) is 11.2 Å². The highest BCUT2D eigenvalue weighted by molar-refractivity contribution is 7.99. The molecule has 1 amide bonds. The van der Waals surface area contributed by atoms with Crippen molar-refractivity contribution in [1.29, 1.82) is 0 Å². The second-order valence-corrected chi connectivity index (χ2v) is 8.72. The summed E-state index contributed by atoms with van der Waals surface area (Å²) in [5, 5.41) is 11.3. The predicted molar refractivity (Wildman–Crippen MR) is 116 cm³/mol. The molecule has 0 aliphatic heterocycles. The number of nitrogens with zero attached hydrogens (tertiary/aromatic N) is 2. The van der Waals surface area contributed by atoms with Gasteiger partial charge in [-0.3, -0.25) is 9.89 Å². The number of hydrogen-bond acceptors (Lipinski definition) is 5. The minimum Gasteiger partial charge on any atom is -0.355 e. The standard InChI is InChI=1S/C20H21ClN4OS2/c1-14-2-8-17(9-3-14)27-11-10-22-19(26)13-28-20-23-18(24-25-20)12-15-4-6-16(21)7-5-15/h2-9H,10-13H2,1H3,(H,22,26)(H,23,24,25). The van der Waals surface area contributed by atoms with Gasteiger partial charge in [0.05, 0.1) is 5.75 Å². The zero-order valence-electron chi connectivity index (χ0n) is 15.4. The lowest BCUT2D eigenvalue weighted by molar-refractivity contribution is -0.118. The largest absolute Gasteiger partial charge is 0.355 e. The first-order valence-electron chi connectivity index (χ1n) is 8.83. The van der Waals surface area contributed by atoms with Crippen LogP contribution in [0, 0.1) is 6.92 Å². The molecule has 0 atom stereocenters. The molecule has 3 aromatic rings. The molecule has 0 bridgehead atoms. The van der Waals surface area contributed by atoms with E-state index in [0.717, 1.165) is 17.1 Å². The molecule has 0 radical (unpaired) electrons. The van der Waals surface area contributed by atoms with Crippen LogP contribution in [0.15, 0.2) is 58.6 Å². The second-order valence-electron chi connectivity index (χ2n) is 6.17. The fourth-order valence-corrected chi connectivity index (χ4v) is 3.93. The predicted octanol–water partition coefficient (Wildman–Crippen LogP) is 4.36. The van der Waals surface area contributed by atoms with Crippen LogP contribution < -0.4 is 5.32 Å². The highest BCUT2D eigenvalue weighted by Crippen LogP contribution is 2.18. The molecule has 0 saturated heterocycles. The van der Waals surface area contributed by atoms with Crippen molar-refractivity contribution in [2.45, 2.75) is 23.4 Å². The molecule has 0 unspecified atom stereocenters. The Hall–Kier alpha value is -1.96. The first-order chi connectivity index (χ1) is 13.6. The van der Waals surface area contributed by atoms with Crippen LogP contribution >= 0.6 is 35.1 Å². The molecular weight excluding hydrogens is 412 g/mol. The fourth-order valence-electron chi connectivity index (χ4n) is 2.39. The maximum Gasteiger partial charge on any atom is 0.230 e. The molecule has 2 N–H and O–H groups in total. The number of halogens is 1. The SMILES string of the molecule is Cc1ccc(SCCNC(=O)CSc2n[nH]c(Cc3ccc(Cl)cc3)n2)cc1. The summed E-state index contributed by atoms with van der Waals surface area (Å²) in [5.74, 6) is 1.89. The third kappa shape index (κ3) is 6.89. The number of carbonyl (C=O) groups excluding carboxylic acids is 1. The number of carbonyl (C=O) groups is 1. The minimum atomic E-state index is -0.0152. The fraction of sp³-hybridized carbons (Fsp3) is 0.250. The molecule has 5 nitrogen and oxygen atoms in total. The minimum absolute atomic E-state index is 0.0152. The highest BCUT2D eigenvalue weighted by Gasteiger charge is 2.08. The molecule has 146 valence electrons. The van der Waals surface area contributed by atoms with Crippen molar-refractivity contribution < 1.29 is 4.79 Å². The number of H-pyrrole nitrogens is 1. The van der Waals surface area contributed by atoms with Crippen LogP contribution in [0.1, 0.15) is 17.0 Å². The number of aryl methyl sites for hydroxylation is 1. The van der Waals surface area contributed by atoms with E-state index in [1.54, 1.807) is 11.8 Å². The summed E-state index contributed by atoms with van der Waals surface area (Å²) in [7, 11) is 0. The first-order valence-corrected chi connectivity index (χ1v) is 11.2. The summed E-state index contributed by atoms with van der Waals surface area (Å²) in [6.07, 6.45) is 0.646. The number of rotatable bonds is 9. The molecule has 0 spiro atoms. The van der Waals surface area contributed by atoms with Crippen LogP contribution in [-0.4, -0.2) is 39.1 Å². The van der Waals surface area contributed by atoms with E-state index in [1.807, 2.05) is 24.3 Å². The van der Waals surface area contributed by atoms with Crippen LogP contribution in [0.25, 0.3) is 0 Å². The van der Waals surface area contributed by atoms with E-state index in [0.29, 0.717) is 28.9 Å². The average molecular weight is 433 g/mol. The Morgan fingerprint density at radius 1 is 1.11 bits per heavy atom. The Kier molecular flexibility index (Phi) is 7.82. The summed E-state index contributed by atoms with van der Waals surface area (Å²) in [6.45, 7) is 2.70. The van der Waals surface area contributed by atoms with E-state index in [4.69, 9.17) is 11.6 Å². The van der Waals surface area contributed by atoms with Crippen LogP contribution in [0.5, 0.6) is 0 Å². The summed E-state index contributed by atoms with van der Waals surface area (Å²) in [6, 6.07) is 16.0. The van der Waals surface area contributed by atoms with E-state index in [9.17, 15) is 4.79 Å². The highest BCUT2D eigenvalue weighted by atomic mass is 35.5. The lowest BCUT2D eigenvalue weighted by atomic mass is 10.1. The van der Waals surface area contributed by atoms with Gasteiger partial charge < -0.3 is 5.32 Å². The topological polar surface area (TPSA) is 70.7 Å². The van der Waals surface area contributed by atoms with E-state index >= 15 is 0 Å². The maximum atomic E-state index is 12.0. The molecule has 8 heteroatoms. The lowest BCUT2D eigenvalue weighted by Crippen LogP contribution is -2.27. The van der Waals surface area contributed by atoms with Gasteiger partial charge in [-0.1, -0.05) is 53.2 Å². The Labute approximate surface area is 178 Å². The number of aromatic nitrogens is 3. The number of hydrogen-bond donors (Lipinski definition) is 2. The van der Waals surface area contributed by atoms with Crippen LogP contribution in [0.4, 0.5) is 0 Å². The number of benzene rings is 2. The van der Waals surface area contributed by atoms with Gasteiger partial charge in [0.2, 0.25) is 11.1 Å². The molecular formula is C20H21ClN4OS2. The van der Waals surface area contributed by atoms with Crippen molar-refractivity contribution >= 4 is 41.0 Å². The van der Waals surface area contributed by atoms with Crippen molar-refractivity contribution in [3.63, 3.8) is 0 Å². The van der Waals surface area contributed by atoms with Gasteiger partial charge in [0.15, 0.2) is 0 Å². The number of nitrogens with one attached hydrogen (secondary N) is 2. The number of amides is 1. The zero-order valence-corrected chi connectivity index (χ0v) is 17.8. The summed E-state index contributed by atoms with van der Waals surface area (Å²) >= 11 is 8.95. The van der Waals surface area contributed by atoms with Crippen molar-refractivity contribution in [2.24, 2.45) is 0 Å². The van der Waals surface area contributed by atoms with Crippen molar-refractivity contribution in [1.82, 2.24) is 20.5 Å². The molecule has 1 heterocycles. The maximum absolute atomic E-state index is 12.0. The van der Waals surface area contributed by atoms with E-state index in [1.165, 1.54) is 22.2 Å². The second kappa shape index (κ2) is 10.5. The quantitative estimate of drug-likeness (QED) is 0.388. The lowest BCUT2D eigenvalue weighted by Gasteiger charge is -2.04. The molecule has 3 rings (SSSR count). The smallest absolute Gasteiger partial charge is 0.230 e. The van der Waals surface area contributed by atoms with E-state index < -0.39 is 0 Å². The van der Waals surface area contributed by atoms with Gasteiger partial charge in [0.25, 0.3) is 0 Å². The first kappa shape index (κ1) is 20.8. The van der Waals surface area contributed by atoms with Gasteiger partial charge in [0, 0.05) is 28.6 Å². The van der Waals surface area contributed by atoms with E-state index in [-0.39, 0.29) is 5.91 Å². The van der Waals surface area contributed by atoms with Crippen LogP contribution in [0.2, 0.25) is 5.02 Å². The van der Waals surface area contributed by atoms with Gasteiger partial charge in [-0.2, -0.15) is 0 Å². The van der Waals surface area contributed by atoms with Gasteiger partial charge in [-0.25, -0.2) is 4.98 Å². The molecule has 2 aromatic carbocycles. The Morgan fingerprint density at radius 3 is 2.61 bits per heavy atom. The molecule has 0 saturated carbocycles. The molecule has 0 aliphatic carbocycles. The average Bonchev–Trinajstić information content (AvgIpc) is 3.14. The van der Waals surface area contributed by atoms with Crippen molar-refractivity contribution in [3.05, 3.63) is 70.5 Å². The van der Waals surface area contributed by atoms with Crippen LogP contribution in [0.3, 0.4) is 0 Å². The van der Waals surface area contributed by atoms with Gasteiger partial charge in [-0.05, 0) is 36.8 Å². The summed E-state index contributed by atoms with van der Waals surface area (Å²) < 4.78 is 0.